The molecule has 0 bridgehead atoms. The third-order valence-corrected chi connectivity index (χ3v) is 17.8. The molecule has 0 spiro atoms. The summed E-state index contributed by atoms with van der Waals surface area (Å²) in [6, 6.07) is 31.1. The van der Waals surface area contributed by atoms with Crippen molar-refractivity contribution in [1.82, 2.24) is 0 Å². The fourth-order valence-corrected chi connectivity index (χ4v) is 15.0. The molecule has 30 heavy (non-hydrogen) atoms. The molecule has 156 valence electrons. The fourth-order valence-electron chi connectivity index (χ4n) is 4.08. The third kappa shape index (κ3) is 4.07. The molecule has 3 aromatic carbocycles. The van der Waals surface area contributed by atoms with Crippen molar-refractivity contribution >= 4 is 35.5 Å². The van der Waals surface area contributed by atoms with E-state index in [0.29, 0.717) is 0 Å². The van der Waals surface area contributed by atoms with Crippen molar-refractivity contribution in [3.05, 3.63) is 91.0 Å². The van der Waals surface area contributed by atoms with E-state index in [1.54, 1.807) is 0 Å². The first-order chi connectivity index (χ1) is 14.3. The maximum atomic E-state index is 13.9. The monoisotopic (exact) mass is 508 g/mol. The van der Waals surface area contributed by atoms with Gasteiger partial charge in [0.25, 0.3) is 0 Å². The molecule has 0 heterocycles. The van der Waals surface area contributed by atoms with Crippen molar-refractivity contribution in [3.8, 4) is 0 Å². The summed E-state index contributed by atoms with van der Waals surface area (Å²) >= 11 is -4.07. The summed E-state index contributed by atoms with van der Waals surface area (Å²) in [6.45, 7) is 10.5. The normalized spacial score (nSPS) is 12.2. The summed E-state index contributed by atoms with van der Waals surface area (Å²) in [4.78, 5) is 13.9. The summed E-state index contributed by atoms with van der Waals surface area (Å²) in [5, 5.41) is 0. The van der Waals surface area contributed by atoms with E-state index in [-0.39, 0.29) is 17.8 Å². The second-order valence-electron chi connectivity index (χ2n) is 8.76. The Kier molecular flexibility index (Phi) is 7.07. The molecule has 0 amide bonds. The van der Waals surface area contributed by atoms with Crippen LogP contribution in [0.4, 0.5) is 0 Å². The summed E-state index contributed by atoms with van der Waals surface area (Å²) < 4.78 is 10.3. The molecule has 0 aliphatic carbocycles. The number of carbonyl (C=O) groups excluding carboxylic acids is 1. The molecule has 2 nitrogen and oxygen atoms in total. The van der Waals surface area contributed by atoms with Crippen LogP contribution >= 0.6 is 0 Å². The van der Waals surface area contributed by atoms with Gasteiger partial charge in [-0.25, -0.2) is 0 Å². The molecule has 3 rings (SSSR count). The molecule has 0 aromatic heterocycles. The fraction of sp³-hybridized carbons (Fsp3) is 0.296. The molecule has 0 saturated heterocycles. The molecule has 0 aliphatic rings. The SMILES string of the molecule is CC(C)C(C)(C(=O)[O][Sn]([c]1ccccc1)([c]1ccccc1)[c]1ccccc1)C(C)C. The Morgan fingerprint density at radius 3 is 1.23 bits per heavy atom. The van der Waals surface area contributed by atoms with Crippen molar-refractivity contribution < 1.29 is 7.87 Å². The molecule has 0 radical (unpaired) electrons. The van der Waals surface area contributed by atoms with Crippen LogP contribution < -0.4 is 10.7 Å². The Balaban J connectivity index is 2.28. The van der Waals surface area contributed by atoms with Gasteiger partial charge < -0.3 is 0 Å². The van der Waals surface area contributed by atoms with Gasteiger partial charge in [0, 0.05) is 0 Å². The Labute approximate surface area is 185 Å². The van der Waals surface area contributed by atoms with Crippen LogP contribution in [0.3, 0.4) is 0 Å². The molecular weight excluding hydrogens is 475 g/mol. The van der Waals surface area contributed by atoms with Crippen molar-refractivity contribution in [2.75, 3.05) is 0 Å². The van der Waals surface area contributed by atoms with E-state index in [4.69, 9.17) is 3.07 Å². The summed E-state index contributed by atoms with van der Waals surface area (Å²) in [6.07, 6.45) is 0. The third-order valence-electron chi connectivity index (χ3n) is 6.63. The average molecular weight is 507 g/mol. The van der Waals surface area contributed by atoms with Gasteiger partial charge in [-0.3, -0.25) is 0 Å². The van der Waals surface area contributed by atoms with Crippen LogP contribution in [0.5, 0.6) is 0 Å². The second-order valence-corrected chi connectivity index (χ2v) is 18.2. The van der Waals surface area contributed by atoms with E-state index in [9.17, 15) is 4.79 Å². The Morgan fingerprint density at radius 1 is 0.667 bits per heavy atom. The van der Waals surface area contributed by atoms with E-state index in [1.165, 1.54) is 0 Å². The molecule has 0 fully saturated rings. The van der Waals surface area contributed by atoms with E-state index < -0.39 is 24.2 Å². The molecule has 0 unspecified atom stereocenters. The second kappa shape index (κ2) is 9.38. The molecule has 0 saturated carbocycles. The molecule has 0 aliphatic heterocycles. The van der Waals surface area contributed by atoms with Crippen molar-refractivity contribution in [2.24, 2.45) is 17.3 Å². The number of hydrogen-bond acceptors (Lipinski definition) is 2. The van der Waals surface area contributed by atoms with Gasteiger partial charge in [-0.1, -0.05) is 0 Å². The first-order valence-corrected chi connectivity index (χ1v) is 16.2. The van der Waals surface area contributed by atoms with Crippen LogP contribution in [0.2, 0.25) is 0 Å². The quantitative estimate of drug-likeness (QED) is 0.440. The van der Waals surface area contributed by atoms with Crippen LogP contribution in [0, 0.1) is 17.3 Å². The van der Waals surface area contributed by atoms with Crippen LogP contribution in [0.25, 0.3) is 0 Å². The number of rotatable bonds is 7. The van der Waals surface area contributed by atoms with Crippen LogP contribution in [0.15, 0.2) is 91.0 Å². The maximum absolute atomic E-state index is 13.9. The van der Waals surface area contributed by atoms with Gasteiger partial charge in [-0.05, 0) is 0 Å². The summed E-state index contributed by atoms with van der Waals surface area (Å²) in [5.74, 6) is 0.271. The van der Waals surface area contributed by atoms with E-state index in [0.717, 1.165) is 10.7 Å². The number of carbonyl (C=O) groups is 1. The zero-order valence-corrected chi connectivity index (χ0v) is 21.5. The van der Waals surface area contributed by atoms with Crippen LogP contribution in [-0.4, -0.2) is 24.8 Å². The Hall–Kier alpha value is -2.07. The predicted octanol–water partition coefficient (Wildman–Crippen LogP) is 4.52. The molecule has 0 N–H and O–H groups in total. The molecule has 3 heteroatoms. The average Bonchev–Trinajstić information content (AvgIpc) is 2.78. The standard InChI is InChI=1S/C9H18O2.3C6H5.Sn/c1-6(2)9(5,7(3)4)8(10)11;3*1-2-4-6-5-3-1;/h6-7H,1-5H3,(H,10,11);3*1-5H;/q;;;;+1/p-1. The van der Waals surface area contributed by atoms with Crippen molar-refractivity contribution in [1.29, 1.82) is 0 Å². The van der Waals surface area contributed by atoms with E-state index in [2.05, 4.69) is 71.0 Å². The molecule has 3 aromatic rings. The van der Waals surface area contributed by atoms with Gasteiger partial charge in [-0.2, -0.15) is 0 Å². The first kappa shape index (κ1) is 22.6. The summed E-state index contributed by atoms with van der Waals surface area (Å²) in [5.41, 5.74) is -0.555. The zero-order chi connectivity index (χ0) is 21.8. The van der Waals surface area contributed by atoms with Crippen molar-refractivity contribution in [2.45, 2.75) is 34.6 Å². The van der Waals surface area contributed by atoms with Crippen LogP contribution in [0.1, 0.15) is 34.6 Å². The van der Waals surface area contributed by atoms with Gasteiger partial charge >= 0.3 is 186 Å². The number of benzene rings is 3. The zero-order valence-electron chi connectivity index (χ0n) is 18.6. The minimum atomic E-state index is -4.07. The van der Waals surface area contributed by atoms with E-state index in [1.807, 2.05) is 54.6 Å². The summed E-state index contributed by atoms with van der Waals surface area (Å²) in [7, 11) is 0. The van der Waals surface area contributed by atoms with E-state index >= 15 is 0 Å². The first-order valence-electron chi connectivity index (χ1n) is 10.7. The van der Waals surface area contributed by atoms with Gasteiger partial charge in [0.2, 0.25) is 0 Å². The Bertz CT molecular complexity index is 845. The van der Waals surface area contributed by atoms with Gasteiger partial charge in [0.05, 0.1) is 0 Å². The molecule has 0 atom stereocenters. The van der Waals surface area contributed by atoms with Gasteiger partial charge in [0.1, 0.15) is 0 Å². The number of hydrogen-bond donors (Lipinski definition) is 0. The minimum absolute atomic E-state index is 0.0835. The van der Waals surface area contributed by atoms with Gasteiger partial charge in [0.15, 0.2) is 0 Å². The van der Waals surface area contributed by atoms with Crippen molar-refractivity contribution in [3.63, 3.8) is 0 Å². The Morgan fingerprint density at radius 2 is 0.967 bits per heavy atom. The predicted molar refractivity (Wildman–Crippen MR) is 128 cm³/mol. The molecular formula is C27H32O2Sn. The topological polar surface area (TPSA) is 26.3 Å². The van der Waals surface area contributed by atoms with Gasteiger partial charge in [-0.15, -0.1) is 0 Å². The van der Waals surface area contributed by atoms with Crippen LogP contribution in [-0.2, 0) is 7.87 Å².